The van der Waals surface area contributed by atoms with E-state index in [9.17, 15) is 23.1 Å². The van der Waals surface area contributed by atoms with Crippen LogP contribution in [0.1, 0.15) is 27.1 Å². The van der Waals surface area contributed by atoms with E-state index in [1.54, 1.807) is 41.8 Å². The third-order valence-corrected chi connectivity index (χ3v) is 6.95. The number of benzene rings is 2. The quantitative estimate of drug-likeness (QED) is 0.366. The fourth-order valence-electron chi connectivity index (χ4n) is 2.69. The molecule has 0 saturated carbocycles. The number of carbonyl (C=O) groups is 2. The van der Waals surface area contributed by atoms with E-state index in [-0.39, 0.29) is 21.8 Å². The zero-order valence-electron chi connectivity index (χ0n) is 16.4. The fraction of sp³-hybridized carbons (Fsp3) is 0.143. The first-order valence-corrected chi connectivity index (χ1v) is 11.7. The van der Waals surface area contributed by atoms with Crippen molar-refractivity contribution in [2.45, 2.75) is 10.6 Å². The second-order valence-electron chi connectivity index (χ2n) is 6.53. The first-order valence-electron chi connectivity index (χ1n) is 9.37. The molecule has 0 unspecified atom stereocenters. The molecule has 0 spiro atoms. The maximum atomic E-state index is 12.3. The van der Waals surface area contributed by atoms with E-state index in [1.165, 1.54) is 24.3 Å². The van der Waals surface area contributed by atoms with Gasteiger partial charge in [0, 0.05) is 29.9 Å². The van der Waals surface area contributed by atoms with Gasteiger partial charge < -0.3 is 15.7 Å². The zero-order valence-corrected chi connectivity index (χ0v) is 18.0. The van der Waals surface area contributed by atoms with Crippen LogP contribution in [0.3, 0.4) is 0 Å². The molecule has 0 bridgehead atoms. The number of rotatable bonds is 9. The van der Waals surface area contributed by atoms with E-state index in [2.05, 4.69) is 15.4 Å². The summed E-state index contributed by atoms with van der Waals surface area (Å²) in [5.74, 6) is -0.649. The van der Waals surface area contributed by atoms with Crippen LogP contribution in [0.15, 0.2) is 70.3 Å². The van der Waals surface area contributed by atoms with Crippen LogP contribution in [-0.4, -0.2) is 38.4 Å². The van der Waals surface area contributed by atoms with Crippen LogP contribution in [0.5, 0.6) is 5.75 Å². The molecule has 0 atom stereocenters. The van der Waals surface area contributed by atoms with Gasteiger partial charge in [-0.05, 0) is 54.3 Å². The summed E-state index contributed by atoms with van der Waals surface area (Å²) in [7, 11) is -3.69. The molecule has 31 heavy (non-hydrogen) atoms. The minimum absolute atomic E-state index is 0.0137. The number of amides is 2. The largest absolute Gasteiger partial charge is 0.508 e. The SMILES string of the molecule is O=C(NCCCNC(=O)c1cccc(NS(=O)(=O)c2cccs2)c1)c1cccc(O)c1. The van der Waals surface area contributed by atoms with E-state index in [4.69, 9.17) is 0 Å². The van der Waals surface area contributed by atoms with Gasteiger partial charge >= 0.3 is 0 Å². The van der Waals surface area contributed by atoms with Crippen LogP contribution < -0.4 is 15.4 Å². The summed E-state index contributed by atoms with van der Waals surface area (Å²) in [6.45, 7) is 0.666. The summed E-state index contributed by atoms with van der Waals surface area (Å²) in [5, 5.41) is 16.5. The number of sulfonamides is 1. The molecule has 4 N–H and O–H groups in total. The van der Waals surface area contributed by atoms with Gasteiger partial charge in [-0.25, -0.2) is 8.42 Å². The fourth-order valence-corrected chi connectivity index (χ4v) is 4.73. The van der Waals surface area contributed by atoms with Gasteiger partial charge in [-0.2, -0.15) is 0 Å². The topological polar surface area (TPSA) is 125 Å². The summed E-state index contributed by atoms with van der Waals surface area (Å²) in [5.41, 5.74) is 0.959. The molecule has 0 fully saturated rings. The third kappa shape index (κ3) is 6.30. The van der Waals surface area contributed by atoms with E-state index in [1.807, 2.05) is 0 Å². The van der Waals surface area contributed by atoms with E-state index < -0.39 is 10.0 Å². The molecule has 162 valence electrons. The number of nitrogens with one attached hydrogen (secondary N) is 3. The normalized spacial score (nSPS) is 11.0. The lowest BCUT2D eigenvalue weighted by Gasteiger charge is -2.09. The highest BCUT2D eigenvalue weighted by Gasteiger charge is 2.16. The highest BCUT2D eigenvalue weighted by molar-refractivity contribution is 7.94. The Balaban J connectivity index is 1.46. The maximum absolute atomic E-state index is 12.3. The van der Waals surface area contributed by atoms with Gasteiger partial charge in [0.25, 0.3) is 21.8 Å². The summed E-state index contributed by atoms with van der Waals surface area (Å²) in [4.78, 5) is 24.3. The molecule has 1 heterocycles. The van der Waals surface area contributed by atoms with Gasteiger partial charge in [0.15, 0.2) is 0 Å². The predicted molar refractivity (Wildman–Crippen MR) is 119 cm³/mol. The molecule has 0 aliphatic carbocycles. The number of hydrogen-bond donors (Lipinski definition) is 4. The van der Waals surface area contributed by atoms with Crippen LogP contribution in [0.4, 0.5) is 5.69 Å². The van der Waals surface area contributed by atoms with Crippen LogP contribution in [0, 0.1) is 0 Å². The number of hydrogen-bond acceptors (Lipinski definition) is 6. The van der Waals surface area contributed by atoms with Gasteiger partial charge in [-0.3, -0.25) is 14.3 Å². The van der Waals surface area contributed by atoms with Gasteiger partial charge in [-0.1, -0.05) is 18.2 Å². The zero-order chi connectivity index (χ0) is 22.3. The Morgan fingerprint density at radius 2 is 1.52 bits per heavy atom. The van der Waals surface area contributed by atoms with Crippen molar-refractivity contribution in [2.24, 2.45) is 0 Å². The Labute approximate surface area is 184 Å². The van der Waals surface area contributed by atoms with Crippen molar-refractivity contribution >= 4 is 38.9 Å². The lowest BCUT2D eigenvalue weighted by Crippen LogP contribution is -2.29. The lowest BCUT2D eigenvalue weighted by atomic mass is 10.2. The van der Waals surface area contributed by atoms with Gasteiger partial charge in [0.1, 0.15) is 9.96 Å². The van der Waals surface area contributed by atoms with Gasteiger partial charge in [0.05, 0.1) is 0 Å². The molecule has 10 heteroatoms. The van der Waals surface area contributed by atoms with Crippen LogP contribution >= 0.6 is 11.3 Å². The van der Waals surface area contributed by atoms with E-state index >= 15 is 0 Å². The molecule has 2 aromatic carbocycles. The van der Waals surface area contributed by atoms with Crippen molar-refractivity contribution in [2.75, 3.05) is 17.8 Å². The lowest BCUT2D eigenvalue weighted by molar-refractivity contribution is 0.0951. The maximum Gasteiger partial charge on any atom is 0.271 e. The summed E-state index contributed by atoms with van der Waals surface area (Å²) in [6.07, 6.45) is 0.501. The average molecular weight is 460 g/mol. The van der Waals surface area contributed by atoms with Crippen LogP contribution in [0.25, 0.3) is 0 Å². The molecule has 2 amide bonds. The molecule has 3 aromatic rings. The average Bonchev–Trinajstić information content (AvgIpc) is 3.29. The number of phenolic OH excluding ortho intramolecular Hbond substituents is 1. The van der Waals surface area contributed by atoms with Gasteiger partial charge in [-0.15, -0.1) is 11.3 Å². The minimum atomic E-state index is -3.69. The molecule has 0 saturated heterocycles. The predicted octanol–water partition coefficient (Wildman–Crippen LogP) is 2.80. The van der Waals surface area contributed by atoms with Gasteiger partial charge in [0.2, 0.25) is 0 Å². The first-order chi connectivity index (χ1) is 14.8. The second-order valence-corrected chi connectivity index (χ2v) is 9.39. The molecular weight excluding hydrogens is 438 g/mol. The number of thiophene rings is 1. The second kappa shape index (κ2) is 10.1. The summed E-state index contributed by atoms with van der Waals surface area (Å²) < 4.78 is 27.3. The Morgan fingerprint density at radius 3 is 2.13 bits per heavy atom. The molecule has 0 aliphatic heterocycles. The van der Waals surface area contributed by atoms with Crippen molar-refractivity contribution in [3.8, 4) is 5.75 Å². The molecule has 0 radical (unpaired) electrons. The monoisotopic (exact) mass is 459 g/mol. The standard InChI is InChI=1S/C21H21N3O5S2/c25-18-8-2-6-16(14-18)21(27)23-11-4-10-22-20(26)15-5-1-7-17(13-15)24-31(28,29)19-9-3-12-30-19/h1-3,5-9,12-14,24-25H,4,10-11H2,(H,22,26)(H,23,27). The van der Waals surface area contributed by atoms with Crippen molar-refractivity contribution in [3.63, 3.8) is 0 Å². The Bertz CT molecular complexity index is 1160. The van der Waals surface area contributed by atoms with Crippen molar-refractivity contribution in [1.29, 1.82) is 0 Å². The highest BCUT2D eigenvalue weighted by Crippen LogP contribution is 2.20. The number of anilines is 1. The smallest absolute Gasteiger partial charge is 0.271 e. The third-order valence-electron chi connectivity index (χ3n) is 4.17. The van der Waals surface area contributed by atoms with Crippen molar-refractivity contribution in [3.05, 3.63) is 77.2 Å². The van der Waals surface area contributed by atoms with Crippen LogP contribution in [0.2, 0.25) is 0 Å². The molecule has 8 nitrogen and oxygen atoms in total. The molecule has 1 aromatic heterocycles. The molecule has 3 rings (SSSR count). The Kier molecular flexibility index (Phi) is 7.27. The Morgan fingerprint density at radius 1 is 0.871 bits per heavy atom. The van der Waals surface area contributed by atoms with E-state index in [0.29, 0.717) is 36.3 Å². The Hall–Kier alpha value is -3.37. The van der Waals surface area contributed by atoms with E-state index in [0.717, 1.165) is 11.3 Å². The van der Waals surface area contributed by atoms with Crippen molar-refractivity contribution < 1.29 is 23.1 Å². The number of phenols is 1. The minimum Gasteiger partial charge on any atom is -0.508 e. The first kappa shape index (κ1) is 22.3. The molecule has 0 aliphatic rings. The number of aromatic hydroxyl groups is 1. The highest BCUT2D eigenvalue weighted by atomic mass is 32.2. The number of carbonyl (C=O) groups excluding carboxylic acids is 2. The van der Waals surface area contributed by atoms with Crippen molar-refractivity contribution in [1.82, 2.24) is 10.6 Å². The summed E-state index contributed by atoms with van der Waals surface area (Å²) in [6, 6.07) is 15.4. The summed E-state index contributed by atoms with van der Waals surface area (Å²) >= 11 is 1.10. The molecular formula is C21H21N3O5S2. The van der Waals surface area contributed by atoms with Crippen LogP contribution in [-0.2, 0) is 10.0 Å².